The van der Waals surface area contributed by atoms with Crippen molar-refractivity contribution in [1.82, 2.24) is 5.32 Å². The van der Waals surface area contributed by atoms with Crippen molar-refractivity contribution < 1.29 is 9.59 Å². The normalized spacial score (nSPS) is 12.9. The fourth-order valence-electron chi connectivity index (χ4n) is 2.21. The van der Waals surface area contributed by atoms with Gasteiger partial charge >= 0.3 is 0 Å². The van der Waals surface area contributed by atoms with Crippen molar-refractivity contribution in [2.75, 3.05) is 11.9 Å². The topological polar surface area (TPSA) is 58.2 Å². The van der Waals surface area contributed by atoms with Gasteiger partial charge in [-0.2, -0.15) is 0 Å². The first-order chi connectivity index (χ1) is 9.72. The van der Waals surface area contributed by atoms with Crippen LogP contribution in [0.3, 0.4) is 0 Å². The molecule has 2 amide bonds. The first kappa shape index (κ1) is 12.9. The predicted molar refractivity (Wildman–Crippen MR) is 79.1 cm³/mol. The molecule has 0 unspecified atom stereocenters. The number of anilines is 1. The molecule has 0 saturated carbocycles. The second-order valence-corrected chi connectivity index (χ2v) is 5.71. The molecule has 20 heavy (non-hydrogen) atoms. The van der Waals surface area contributed by atoms with Crippen molar-refractivity contribution in [3.63, 3.8) is 0 Å². The monoisotopic (exact) mass is 286 g/mol. The molecule has 102 valence electrons. The maximum Gasteiger partial charge on any atom is 0.251 e. The summed E-state index contributed by atoms with van der Waals surface area (Å²) < 4.78 is 0. The first-order valence-corrected chi connectivity index (χ1v) is 7.34. The Bertz CT molecular complexity index is 650. The Balaban J connectivity index is 1.60. The first-order valence-electron chi connectivity index (χ1n) is 6.46. The summed E-state index contributed by atoms with van der Waals surface area (Å²) in [6, 6.07) is 9.40. The lowest BCUT2D eigenvalue weighted by Crippen LogP contribution is -2.25. The van der Waals surface area contributed by atoms with Crippen LogP contribution in [0.25, 0.3) is 0 Å². The van der Waals surface area contributed by atoms with Crippen LogP contribution in [0.5, 0.6) is 0 Å². The van der Waals surface area contributed by atoms with Crippen molar-refractivity contribution in [2.24, 2.45) is 0 Å². The molecular formula is C15H14N2O2S. The van der Waals surface area contributed by atoms with Gasteiger partial charge in [-0.15, -0.1) is 11.3 Å². The van der Waals surface area contributed by atoms with Gasteiger partial charge in [-0.25, -0.2) is 0 Å². The Kier molecular flexibility index (Phi) is 3.52. The highest BCUT2D eigenvalue weighted by molar-refractivity contribution is 7.09. The summed E-state index contributed by atoms with van der Waals surface area (Å²) in [4.78, 5) is 24.6. The van der Waals surface area contributed by atoms with Crippen LogP contribution in [-0.4, -0.2) is 18.4 Å². The molecule has 3 rings (SSSR count). The van der Waals surface area contributed by atoms with Crippen LogP contribution in [-0.2, 0) is 17.6 Å². The second-order valence-electron chi connectivity index (χ2n) is 4.68. The molecule has 0 atom stereocenters. The molecule has 2 heterocycles. The fourth-order valence-corrected chi connectivity index (χ4v) is 2.92. The van der Waals surface area contributed by atoms with Crippen molar-refractivity contribution in [3.05, 3.63) is 51.7 Å². The van der Waals surface area contributed by atoms with Crippen molar-refractivity contribution in [3.8, 4) is 0 Å². The lowest BCUT2D eigenvalue weighted by atomic mass is 10.1. The highest BCUT2D eigenvalue weighted by atomic mass is 32.1. The van der Waals surface area contributed by atoms with Crippen molar-refractivity contribution in [1.29, 1.82) is 0 Å². The summed E-state index contributed by atoms with van der Waals surface area (Å²) in [5.41, 5.74) is 2.28. The summed E-state index contributed by atoms with van der Waals surface area (Å²) in [6.07, 6.45) is 1.24. The molecule has 0 bridgehead atoms. The molecule has 0 aliphatic carbocycles. The summed E-state index contributed by atoms with van der Waals surface area (Å²) in [6.45, 7) is 0.614. The van der Waals surface area contributed by atoms with Gasteiger partial charge in [-0.3, -0.25) is 9.59 Å². The molecule has 4 nitrogen and oxygen atoms in total. The summed E-state index contributed by atoms with van der Waals surface area (Å²) in [5, 5.41) is 7.68. The van der Waals surface area contributed by atoms with Gasteiger partial charge in [0.1, 0.15) is 0 Å². The van der Waals surface area contributed by atoms with Gasteiger partial charge in [-0.1, -0.05) is 12.1 Å². The zero-order chi connectivity index (χ0) is 13.9. The molecule has 0 fully saturated rings. The predicted octanol–water partition coefficient (Wildman–Crippen LogP) is 2.22. The van der Waals surface area contributed by atoms with Crippen LogP contribution < -0.4 is 10.6 Å². The average molecular weight is 286 g/mol. The van der Waals surface area contributed by atoms with E-state index in [9.17, 15) is 9.59 Å². The van der Waals surface area contributed by atoms with Crippen molar-refractivity contribution in [2.45, 2.75) is 12.8 Å². The van der Waals surface area contributed by atoms with Gasteiger partial charge in [0, 0.05) is 22.7 Å². The lowest BCUT2D eigenvalue weighted by Gasteiger charge is -2.06. The Hall–Kier alpha value is -2.14. The van der Waals surface area contributed by atoms with E-state index in [1.54, 1.807) is 23.5 Å². The van der Waals surface area contributed by atoms with Crippen molar-refractivity contribution >= 4 is 28.8 Å². The molecule has 5 heteroatoms. The maximum atomic E-state index is 12.0. The molecule has 0 spiro atoms. The molecule has 1 aromatic carbocycles. The molecule has 1 aliphatic rings. The molecule has 2 N–H and O–H groups in total. The number of benzene rings is 1. The third-order valence-corrected chi connectivity index (χ3v) is 4.17. The van der Waals surface area contributed by atoms with E-state index in [1.807, 2.05) is 17.5 Å². The molecule has 2 aromatic rings. The van der Waals surface area contributed by atoms with Gasteiger partial charge < -0.3 is 10.6 Å². The number of nitrogens with one attached hydrogen (secondary N) is 2. The largest absolute Gasteiger partial charge is 0.352 e. The van der Waals surface area contributed by atoms with E-state index in [0.29, 0.717) is 18.5 Å². The molecule has 1 aliphatic heterocycles. The number of hydrogen-bond acceptors (Lipinski definition) is 3. The third kappa shape index (κ3) is 2.72. The minimum atomic E-state index is -0.106. The number of thiophene rings is 1. The van der Waals surface area contributed by atoms with Gasteiger partial charge in [0.25, 0.3) is 5.91 Å². The molecule has 0 radical (unpaired) electrons. The third-order valence-electron chi connectivity index (χ3n) is 3.23. The zero-order valence-electron chi connectivity index (χ0n) is 10.8. The van der Waals surface area contributed by atoms with Gasteiger partial charge in [0.15, 0.2) is 0 Å². The van der Waals surface area contributed by atoms with Crippen LogP contribution in [0.15, 0.2) is 35.7 Å². The van der Waals surface area contributed by atoms with E-state index in [1.165, 1.54) is 4.88 Å². The minimum Gasteiger partial charge on any atom is -0.352 e. The Morgan fingerprint density at radius 1 is 1.35 bits per heavy atom. The number of hydrogen-bond donors (Lipinski definition) is 2. The van der Waals surface area contributed by atoms with Crippen LogP contribution in [0, 0.1) is 0 Å². The number of carbonyl (C=O) groups is 2. The Labute approximate surface area is 120 Å². The van der Waals surface area contributed by atoms with Crippen LogP contribution in [0.2, 0.25) is 0 Å². The van der Waals surface area contributed by atoms with E-state index >= 15 is 0 Å². The summed E-state index contributed by atoms with van der Waals surface area (Å²) in [5.74, 6) is -0.124. The number of amides is 2. The summed E-state index contributed by atoms with van der Waals surface area (Å²) >= 11 is 1.69. The highest BCUT2D eigenvalue weighted by Crippen LogP contribution is 2.23. The van der Waals surface area contributed by atoms with Crippen LogP contribution >= 0.6 is 11.3 Å². The Morgan fingerprint density at radius 3 is 3.05 bits per heavy atom. The number of rotatable bonds is 4. The zero-order valence-corrected chi connectivity index (χ0v) is 11.6. The Morgan fingerprint density at radius 2 is 2.25 bits per heavy atom. The maximum absolute atomic E-state index is 12.0. The lowest BCUT2D eigenvalue weighted by molar-refractivity contribution is -0.115. The smallest absolute Gasteiger partial charge is 0.251 e. The minimum absolute atomic E-state index is 0.0183. The van der Waals surface area contributed by atoms with E-state index in [2.05, 4.69) is 16.7 Å². The van der Waals surface area contributed by atoms with E-state index in [-0.39, 0.29) is 11.8 Å². The average Bonchev–Trinajstić information content (AvgIpc) is 3.05. The van der Waals surface area contributed by atoms with Gasteiger partial charge in [0.05, 0.1) is 6.42 Å². The number of carbonyl (C=O) groups excluding carboxylic acids is 2. The van der Waals surface area contributed by atoms with Crippen LogP contribution in [0.1, 0.15) is 20.8 Å². The molecule has 0 saturated heterocycles. The van der Waals surface area contributed by atoms with E-state index < -0.39 is 0 Å². The second kappa shape index (κ2) is 5.46. The quantitative estimate of drug-likeness (QED) is 0.905. The standard InChI is InChI=1S/C15H14N2O2S/c18-14-9-10-3-4-11(8-13(10)17-14)15(19)16-6-5-12-2-1-7-20-12/h1-4,7-8H,5-6,9H2,(H,16,19)(H,17,18). The highest BCUT2D eigenvalue weighted by Gasteiger charge is 2.18. The summed E-state index contributed by atoms with van der Waals surface area (Å²) in [7, 11) is 0. The van der Waals surface area contributed by atoms with Gasteiger partial charge in [0.2, 0.25) is 5.91 Å². The SMILES string of the molecule is O=C1Cc2ccc(C(=O)NCCc3cccs3)cc2N1. The molecule has 1 aromatic heterocycles. The van der Waals surface area contributed by atoms with E-state index in [0.717, 1.165) is 17.7 Å². The number of fused-ring (bicyclic) bond motifs is 1. The fraction of sp³-hybridized carbons (Fsp3) is 0.200. The molecular weight excluding hydrogens is 272 g/mol. The van der Waals surface area contributed by atoms with Gasteiger partial charge in [-0.05, 0) is 35.6 Å². The van der Waals surface area contributed by atoms with E-state index in [4.69, 9.17) is 0 Å². The van der Waals surface area contributed by atoms with Crippen LogP contribution in [0.4, 0.5) is 5.69 Å².